The number of hydrogen-bond donors (Lipinski definition) is 2. The fourth-order valence-corrected chi connectivity index (χ4v) is 1.07. The Morgan fingerprint density at radius 2 is 2.00 bits per heavy atom. The number of carbonyl (C=O) groups is 2. The molecule has 0 spiro atoms. The molecule has 0 aliphatic heterocycles. The second kappa shape index (κ2) is 4.50. The van der Waals surface area contributed by atoms with Gasteiger partial charge in [0.05, 0.1) is 6.61 Å². The fraction of sp³-hybridized carbons (Fsp3) is 0.111. The summed E-state index contributed by atoms with van der Waals surface area (Å²) < 4.78 is 0. The van der Waals surface area contributed by atoms with Crippen LogP contribution >= 0.6 is 0 Å². The van der Waals surface area contributed by atoms with Gasteiger partial charge in [0, 0.05) is 5.56 Å². The van der Waals surface area contributed by atoms with E-state index in [1.807, 2.05) is 0 Å². The quantitative estimate of drug-likeness (QED) is 0.411. The number of benzene rings is 1. The molecule has 0 bridgehead atoms. The van der Waals surface area contributed by atoms with E-state index in [0.29, 0.717) is 5.56 Å². The molecule has 0 saturated carbocycles. The molecule has 0 amide bonds. The Labute approximate surface area is 80.1 Å². The molecule has 1 rings (SSSR count). The van der Waals surface area contributed by atoms with Crippen LogP contribution in [0.3, 0.4) is 0 Å². The van der Waals surface area contributed by atoms with Gasteiger partial charge in [0.2, 0.25) is 0 Å². The highest BCUT2D eigenvalue weighted by Crippen LogP contribution is 2.10. The third-order valence-corrected chi connectivity index (χ3v) is 1.70. The number of aliphatic carboxylic acids is 1. The third kappa shape index (κ3) is 2.15. The number of rotatable bonds is 4. The summed E-state index contributed by atoms with van der Waals surface area (Å²) in [6.45, 7) is 0.00912. The lowest BCUT2D eigenvalue weighted by atomic mass is 10.0. The highest BCUT2D eigenvalue weighted by Gasteiger charge is 2.17. The zero-order chi connectivity index (χ0) is 10.6. The molecular formula is C9H9NO4. The van der Waals surface area contributed by atoms with Gasteiger partial charge in [0.1, 0.15) is 0 Å². The van der Waals surface area contributed by atoms with Crippen molar-refractivity contribution >= 4 is 11.8 Å². The molecule has 5 nitrogen and oxygen atoms in total. The van der Waals surface area contributed by atoms with E-state index in [1.165, 1.54) is 6.07 Å². The summed E-state index contributed by atoms with van der Waals surface area (Å²) in [5.74, 6) is 2.40. The van der Waals surface area contributed by atoms with E-state index >= 15 is 0 Å². The molecule has 0 unspecified atom stereocenters. The summed E-state index contributed by atoms with van der Waals surface area (Å²) in [4.78, 5) is 25.9. The van der Waals surface area contributed by atoms with Crippen LogP contribution in [-0.2, 0) is 16.2 Å². The highest BCUT2D eigenvalue weighted by atomic mass is 16.6. The molecule has 0 aliphatic carbocycles. The standard InChI is InChI=1S/C9H9NO4/c10-14-5-6-3-1-2-4-7(6)8(11)9(12)13/h1-4H,5,10H2,(H,12,13). The van der Waals surface area contributed by atoms with E-state index < -0.39 is 11.8 Å². The second-order valence-corrected chi connectivity index (χ2v) is 2.60. The van der Waals surface area contributed by atoms with Gasteiger partial charge < -0.3 is 5.11 Å². The van der Waals surface area contributed by atoms with E-state index in [-0.39, 0.29) is 12.2 Å². The summed E-state index contributed by atoms with van der Waals surface area (Å²) >= 11 is 0. The monoisotopic (exact) mass is 195 g/mol. The van der Waals surface area contributed by atoms with Crippen molar-refractivity contribution in [2.75, 3.05) is 0 Å². The third-order valence-electron chi connectivity index (χ3n) is 1.70. The minimum Gasteiger partial charge on any atom is -0.475 e. The lowest BCUT2D eigenvalue weighted by Crippen LogP contribution is -2.15. The Morgan fingerprint density at radius 3 is 2.57 bits per heavy atom. The van der Waals surface area contributed by atoms with Crippen LogP contribution in [0, 0.1) is 0 Å². The lowest BCUT2D eigenvalue weighted by molar-refractivity contribution is -0.131. The molecule has 0 atom stereocenters. The van der Waals surface area contributed by atoms with Crippen molar-refractivity contribution < 1.29 is 19.5 Å². The summed E-state index contributed by atoms with van der Waals surface area (Å²) in [7, 11) is 0. The first-order valence-electron chi connectivity index (χ1n) is 3.84. The topological polar surface area (TPSA) is 89.6 Å². The highest BCUT2D eigenvalue weighted by molar-refractivity contribution is 6.40. The molecule has 0 fully saturated rings. The Balaban J connectivity index is 3.06. The minimum atomic E-state index is -1.49. The van der Waals surface area contributed by atoms with Crippen LogP contribution in [0.15, 0.2) is 24.3 Å². The van der Waals surface area contributed by atoms with Crippen molar-refractivity contribution in [2.45, 2.75) is 6.61 Å². The van der Waals surface area contributed by atoms with E-state index in [2.05, 4.69) is 4.84 Å². The maximum Gasteiger partial charge on any atom is 0.377 e. The maximum absolute atomic E-state index is 11.1. The normalized spacial score (nSPS) is 9.79. The predicted octanol–water partition coefficient (Wildman–Crippen LogP) is 0.344. The van der Waals surface area contributed by atoms with Gasteiger partial charge in [-0.1, -0.05) is 24.3 Å². The first kappa shape index (κ1) is 10.4. The average molecular weight is 195 g/mol. The van der Waals surface area contributed by atoms with Gasteiger partial charge in [-0.15, -0.1) is 0 Å². The van der Waals surface area contributed by atoms with Crippen molar-refractivity contribution in [2.24, 2.45) is 5.90 Å². The minimum absolute atomic E-state index is 0.00912. The van der Waals surface area contributed by atoms with E-state index in [9.17, 15) is 9.59 Å². The number of carboxylic acids is 1. The molecule has 74 valence electrons. The van der Waals surface area contributed by atoms with Crippen molar-refractivity contribution in [1.82, 2.24) is 0 Å². The number of ketones is 1. The molecule has 0 heterocycles. The Hall–Kier alpha value is -1.72. The van der Waals surface area contributed by atoms with Crippen LogP contribution < -0.4 is 5.90 Å². The number of hydrogen-bond acceptors (Lipinski definition) is 4. The molecule has 0 aromatic heterocycles. The molecule has 3 N–H and O–H groups in total. The van der Waals surface area contributed by atoms with Gasteiger partial charge >= 0.3 is 5.97 Å². The van der Waals surface area contributed by atoms with Crippen LogP contribution in [0.1, 0.15) is 15.9 Å². The molecule has 0 radical (unpaired) electrons. The summed E-state index contributed by atoms with van der Waals surface area (Å²) in [6.07, 6.45) is 0. The summed E-state index contributed by atoms with van der Waals surface area (Å²) in [5.41, 5.74) is 0.563. The van der Waals surface area contributed by atoms with Crippen LogP contribution in [0.5, 0.6) is 0 Å². The fourth-order valence-electron chi connectivity index (χ4n) is 1.07. The van der Waals surface area contributed by atoms with Crippen molar-refractivity contribution in [3.63, 3.8) is 0 Å². The zero-order valence-corrected chi connectivity index (χ0v) is 7.27. The first-order valence-corrected chi connectivity index (χ1v) is 3.84. The summed E-state index contributed by atoms with van der Waals surface area (Å²) in [6, 6.07) is 6.26. The van der Waals surface area contributed by atoms with Crippen LogP contribution in [0.2, 0.25) is 0 Å². The molecule has 14 heavy (non-hydrogen) atoms. The van der Waals surface area contributed by atoms with Crippen LogP contribution in [-0.4, -0.2) is 16.9 Å². The van der Waals surface area contributed by atoms with E-state index in [4.69, 9.17) is 11.0 Å². The van der Waals surface area contributed by atoms with Gasteiger partial charge in [-0.05, 0) is 5.56 Å². The van der Waals surface area contributed by atoms with Crippen molar-refractivity contribution in [3.8, 4) is 0 Å². The molecule has 0 saturated heterocycles. The largest absolute Gasteiger partial charge is 0.475 e. The Morgan fingerprint density at radius 1 is 1.36 bits per heavy atom. The van der Waals surface area contributed by atoms with Crippen molar-refractivity contribution in [3.05, 3.63) is 35.4 Å². The van der Waals surface area contributed by atoms with Gasteiger partial charge in [0.15, 0.2) is 0 Å². The SMILES string of the molecule is NOCc1ccccc1C(=O)C(=O)O. The number of Topliss-reactive ketones (excluding diaryl/α,β-unsaturated/α-hetero) is 1. The number of carboxylic acid groups (broad SMARTS) is 1. The van der Waals surface area contributed by atoms with Crippen LogP contribution in [0.4, 0.5) is 0 Å². The molecule has 1 aromatic carbocycles. The van der Waals surface area contributed by atoms with Gasteiger partial charge in [-0.2, -0.15) is 0 Å². The van der Waals surface area contributed by atoms with Gasteiger partial charge in [-0.3, -0.25) is 9.63 Å². The smallest absolute Gasteiger partial charge is 0.377 e. The predicted molar refractivity (Wildman–Crippen MR) is 47.4 cm³/mol. The van der Waals surface area contributed by atoms with E-state index in [0.717, 1.165) is 0 Å². The van der Waals surface area contributed by atoms with Crippen molar-refractivity contribution in [1.29, 1.82) is 0 Å². The average Bonchev–Trinajstić information content (AvgIpc) is 2.18. The molecule has 5 heteroatoms. The second-order valence-electron chi connectivity index (χ2n) is 2.60. The lowest BCUT2D eigenvalue weighted by Gasteiger charge is -2.03. The van der Waals surface area contributed by atoms with Crippen LogP contribution in [0.25, 0.3) is 0 Å². The van der Waals surface area contributed by atoms with Gasteiger partial charge in [0.25, 0.3) is 5.78 Å². The van der Waals surface area contributed by atoms with E-state index in [1.54, 1.807) is 18.2 Å². The molecule has 1 aromatic rings. The molecular weight excluding hydrogens is 186 g/mol. The zero-order valence-electron chi connectivity index (χ0n) is 7.27. The van der Waals surface area contributed by atoms with Gasteiger partial charge in [-0.25, -0.2) is 10.7 Å². The summed E-state index contributed by atoms with van der Waals surface area (Å²) in [5, 5.41) is 8.51. The Bertz CT molecular complexity index is 362. The number of carbonyl (C=O) groups excluding carboxylic acids is 1. The number of nitrogens with two attached hydrogens (primary N) is 1. The Kier molecular flexibility index (Phi) is 3.33. The first-order chi connectivity index (χ1) is 6.66. The maximum atomic E-state index is 11.1. The molecule has 0 aliphatic rings.